The standard InChI is InChI=1S/C27H37NO5/c1-5-6-7-8-9-10-24(30)33-26-22(31-3)12-11-18-15-20-19-16-23(32-4)21(29)17-27(19,25(18)26)13-14-28(20)2/h11-12,16,19-20H,5-10,13-15,17H2,1-4H3/t19-,20+,27-/m1/s1. The Morgan fingerprint density at radius 1 is 1.15 bits per heavy atom. The van der Waals surface area contributed by atoms with E-state index in [1.165, 1.54) is 12.8 Å². The average molecular weight is 456 g/mol. The lowest BCUT2D eigenvalue weighted by Gasteiger charge is -2.56. The molecule has 0 amide bonds. The van der Waals surface area contributed by atoms with Crippen molar-refractivity contribution in [3.05, 3.63) is 35.1 Å². The number of benzene rings is 1. The van der Waals surface area contributed by atoms with Gasteiger partial charge in [-0.25, -0.2) is 0 Å². The highest BCUT2D eigenvalue weighted by atomic mass is 16.6. The van der Waals surface area contributed by atoms with Crippen molar-refractivity contribution in [1.29, 1.82) is 0 Å². The van der Waals surface area contributed by atoms with Gasteiger partial charge >= 0.3 is 5.97 Å². The molecule has 0 N–H and O–H groups in total. The van der Waals surface area contributed by atoms with E-state index < -0.39 is 5.41 Å². The van der Waals surface area contributed by atoms with Gasteiger partial charge in [-0.2, -0.15) is 0 Å². The van der Waals surface area contributed by atoms with E-state index in [-0.39, 0.29) is 23.7 Å². The SMILES string of the molecule is CCCCCCCC(=O)Oc1c(OC)ccc2c1[C@@]13CCN(C)[C@@H](C2)[C@H]1C=C(OC)C(=O)C3. The first-order valence-electron chi connectivity index (χ1n) is 12.4. The molecule has 2 bridgehead atoms. The lowest BCUT2D eigenvalue weighted by Crippen LogP contribution is -2.60. The molecule has 180 valence electrons. The van der Waals surface area contributed by atoms with Gasteiger partial charge in [0.15, 0.2) is 23.0 Å². The second-order valence-electron chi connectivity index (χ2n) is 9.79. The van der Waals surface area contributed by atoms with Crippen molar-refractivity contribution in [1.82, 2.24) is 4.90 Å². The Balaban J connectivity index is 1.71. The van der Waals surface area contributed by atoms with Gasteiger partial charge in [-0.3, -0.25) is 9.59 Å². The van der Waals surface area contributed by atoms with Crippen LogP contribution in [0.1, 0.15) is 69.4 Å². The van der Waals surface area contributed by atoms with Crippen molar-refractivity contribution < 1.29 is 23.8 Å². The first-order valence-corrected chi connectivity index (χ1v) is 12.4. The molecule has 4 rings (SSSR count). The molecule has 6 heteroatoms. The minimum atomic E-state index is -0.408. The maximum atomic E-state index is 13.0. The molecule has 1 aromatic carbocycles. The molecule has 0 unspecified atom stereocenters. The molecule has 0 radical (unpaired) electrons. The van der Waals surface area contributed by atoms with Gasteiger partial charge in [0.25, 0.3) is 0 Å². The van der Waals surface area contributed by atoms with E-state index in [4.69, 9.17) is 14.2 Å². The van der Waals surface area contributed by atoms with Gasteiger partial charge in [-0.15, -0.1) is 0 Å². The lowest BCUT2D eigenvalue weighted by molar-refractivity contribution is -0.134. The molecule has 2 aliphatic carbocycles. The fraction of sp³-hybridized carbons (Fsp3) is 0.630. The van der Waals surface area contributed by atoms with E-state index in [0.29, 0.717) is 30.1 Å². The van der Waals surface area contributed by atoms with Crippen LogP contribution < -0.4 is 9.47 Å². The summed E-state index contributed by atoms with van der Waals surface area (Å²) in [4.78, 5) is 28.3. The van der Waals surface area contributed by atoms with Gasteiger partial charge in [-0.1, -0.05) is 38.7 Å². The Hall–Kier alpha value is -2.34. The summed E-state index contributed by atoms with van der Waals surface area (Å²) >= 11 is 0. The topological polar surface area (TPSA) is 65.1 Å². The molecule has 0 saturated carbocycles. The molecule has 1 aliphatic heterocycles. The van der Waals surface area contributed by atoms with Crippen molar-refractivity contribution in [2.45, 2.75) is 76.2 Å². The van der Waals surface area contributed by atoms with E-state index in [9.17, 15) is 9.59 Å². The fourth-order valence-electron chi connectivity index (χ4n) is 6.15. The number of nitrogens with zero attached hydrogens (tertiary/aromatic N) is 1. The zero-order valence-electron chi connectivity index (χ0n) is 20.4. The summed E-state index contributed by atoms with van der Waals surface area (Å²) in [5.41, 5.74) is 1.74. The molecule has 1 fully saturated rings. The summed E-state index contributed by atoms with van der Waals surface area (Å²) in [6.45, 7) is 3.08. The van der Waals surface area contributed by atoms with E-state index in [2.05, 4.69) is 24.9 Å². The van der Waals surface area contributed by atoms with E-state index in [1.807, 2.05) is 12.1 Å². The maximum absolute atomic E-state index is 13.0. The highest BCUT2D eigenvalue weighted by Crippen LogP contribution is 2.58. The summed E-state index contributed by atoms with van der Waals surface area (Å²) < 4.78 is 17.1. The number of hydrogen-bond donors (Lipinski definition) is 0. The highest BCUT2D eigenvalue weighted by Gasteiger charge is 2.56. The second kappa shape index (κ2) is 9.88. The molecule has 33 heavy (non-hydrogen) atoms. The number of Topliss-reactive ketones (excluding diaryl/α,β-unsaturated/α-hetero) is 1. The third kappa shape index (κ3) is 4.30. The number of carbonyl (C=O) groups excluding carboxylic acids is 2. The van der Waals surface area contributed by atoms with Crippen molar-refractivity contribution in [3.8, 4) is 11.5 Å². The Morgan fingerprint density at radius 2 is 1.94 bits per heavy atom. The summed E-state index contributed by atoms with van der Waals surface area (Å²) in [5, 5.41) is 0. The van der Waals surface area contributed by atoms with Crippen molar-refractivity contribution in [3.63, 3.8) is 0 Å². The number of methoxy groups -OCH3 is 2. The second-order valence-corrected chi connectivity index (χ2v) is 9.79. The van der Waals surface area contributed by atoms with Crippen molar-refractivity contribution in [2.24, 2.45) is 5.92 Å². The van der Waals surface area contributed by atoms with Gasteiger partial charge < -0.3 is 19.1 Å². The summed E-state index contributed by atoms with van der Waals surface area (Å²) in [7, 11) is 5.32. The molecule has 1 aromatic rings. The molecule has 0 aromatic heterocycles. The van der Waals surface area contributed by atoms with E-state index in [0.717, 1.165) is 49.8 Å². The van der Waals surface area contributed by atoms with Crippen molar-refractivity contribution >= 4 is 11.8 Å². The molecule has 3 aliphatic rings. The molecule has 0 spiro atoms. The number of ketones is 1. The van der Waals surface area contributed by atoms with Crippen molar-refractivity contribution in [2.75, 3.05) is 27.8 Å². The first-order chi connectivity index (χ1) is 15.9. The number of piperidine rings is 1. The minimum absolute atomic E-state index is 0.0147. The quantitative estimate of drug-likeness (QED) is 0.309. The number of allylic oxidation sites excluding steroid dienone is 1. The largest absolute Gasteiger partial charge is 0.493 e. The third-order valence-electron chi connectivity index (χ3n) is 7.89. The summed E-state index contributed by atoms with van der Waals surface area (Å²) in [5.74, 6) is 1.44. The third-order valence-corrected chi connectivity index (χ3v) is 7.89. The molecular formula is C27H37NO5. The first kappa shape index (κ1) is 23.8. The van der Waals surface area contributed by atoms with Gasteiger partial charge in [0.2, 0.25) is 0 Å². The Labute approximate surface area is 197 Å². The number of unbranched alkanes of at least 4 members (excludes halogenated alkanes) is 4. The average Bonchev–Trinajstić information content (AvgIpc) is 2.80. The number of carbonyl (C=O) groups is 2. The Kier molecular flexibility index (Phi) is 7.13. The number of fused-ring (bicyclic) bond motifs is 1. The molecule has 1 heterocycles. The zero-order chi connectivity index (χ0) is 23.6. The number of hydrogen-bond acceptors (Lipinski definition) is 6. The number of ether oxygens (including phenoxy) is 3. The fourth-order valence-corrected chi connectivity index (χ4v) is 6.15. The van der Waals surface area contributed by atoms with Crippen LogP contribution in [0.3, 0.4) is 0 Å². The Bertz CT molecular complexity index is 939. The van der Waals surface area contributed by atoms with Crippen LogP contribution in [0.2, 0.25) is 0 Å². The molecule has 3 atom stereocenters. The van der Waals surface area contributed by atoms with Gasteiger partial charge in [-0.05, 0) is 50.6 Å². The summed E-state index contributed by atoms with van der Waals surface area (Å²) in [6, 6.07) is 4.26. The van der Waals surface area contributed by atoms with Crippen LogP contribution in [0.5, 0.6) is 11.5 Å². The molecule has 6 nitrogen and oxygen atoms in total. The van der Waals surface area contributed by atoms with Crippen LogP contribution in [0.4, 0.5) is 0 Å². The number of likely N-dealkylation sites (N-methyl/N-ethyl adjacent to an activating group) is 1. The van der Waals surface area contributed by atoms with Crippen LogP contribution in [0.15, 0.2) is 24.0 Å². The summed E-state index contributed by atoms with van der Waals surface area (Å²) in [6.07, 6.45) is 9.82. The van der Waals surface area contributed by atoms with Crippen LogP contribution in [-0.2, 0) is 26.2 Å². The molecular weight excluding hydrogens is 418 g/mol. The van der Waals surface area contributed by atoms with E-state index >= 15 is 0 Å². The Morgan fingerprint density at radius 3 is 2.67 bits per heavy atom. The number of esters is 1. The van der Waals surface area contributed by atoms with Crippen LogP contribution >= 0.6 is 0 Å². The van der Waals surface area contributed by atoms with Gasteiger partial charge in [0.05, 0.1) is 14.2 Å². The predicted octanol–water partition coefficient (Wildman–Crippen LogP) is 4.58. The van der Waals surface area contributed by atoms with Crippen LogP contribution in [-0.4, -0.2) is 50.5 Å². The van der Waals surface area contributed by atoms with Crippen LogP contribution in [0.25, 0.3) is 0 Å². The zero-order valence-corrected chi connectivity index (χ0v) is 20.4. The van der Waals surface area contributed by atoms with Crippen LogP contribution in [0, 0.1) is 5.92 Å². The highest BCUT2D eigenvalue weighted by molar-refractivity contribution is 5.96. The maximum Gasteiger partial charge on any atom is 0.311 e. The monoisotopic (exact) mass is 455 g/mol. The van der Waals surface area contributed by atoms with Gasteiger partial charge in [0.1, 0.15) is 0 Å². The minimum Gasteiger partial charge on any atom is -0.493 e. The predicted molar refractivity (Wildman–Crippen MR) is 127 cm³/mol. The van der Waals surface area contributed by atoms with Gasteiger partial charge in [0, 0.05) is 35.8 Å². The smallest absolute Gasteiger partial charge is 0.311 e. The van der Waals surface area contributed by atoms with E-state index in [1.54, 1.807) is 14.2 Å². The number of rotatable bonds is 9. The molecule has 1 saturated heterocycles. The number of likely N-dealkylation sites (tertiary alicyclic amines) is 1. The normalized spacial score (nSPS) is 26.2. The lowest BCUT2D eigenvalue weighted by atomic mass is 9.53.